The Morgan fingerprint density at radius 3 is 1.62 bits per heavy atom. The van der Waals surface area contributed by atoms with E-state index in [4.69, 9.17) is 0 Å². The maximum Gasteiger partial charge on any atom is 0.333 e. The summed E-state index contributed by atoms with van der Waals surface area (Å²) in [5, 5.41) is 2.63. The van der Waals surface area contributed by atoms with Crippen molar-refractivity contribution < 1.29 is 0 Å². The summed E-state index contributed by atoms with van der Waals surface area (Å²) < 4.78 is 2.73. The fraction of sp³-hybridized carbons (Fsp3) is 0.0690. The summed E-state index contributed by atoms with van der Waals surface area (Å²) in [5.41, 5.74) is 24.9. The first kappa shape index (κ1) is 34.5. The van der Waals surface area contributed by atoms with Crippen LogP contribution in [0, 0.1) is 0 Å². The molecular formula is C58H41BN2. The highest BCUT2D eigenvalue weighted by Crippen LogP contribution is 2.50. The molecule has 0 unspecified atom stereocenters. The summed E-state index contributed by atoms with van der Waals surface area (Å²) in [6.45, 7) is -0.0200. The van der Waals surface area contributed by atoms with Gasteiger partial charge in [0.1, 0.15) is 0 Å². The molecule has 286 valence electrons. The summed E-state index contributed by atoms with van der Waals surface area (Å²) in [4.78, 5) is 2.59. The fourth-order valence-corrected chi connectivity index (χ4v) is 11.0. The molecule has 0 saturated heterocycles. The van der Waals surface area contributed by atoms with Crippen LogP contribution in [-0.4, -0.2) is 11.3 Å². The van der Waals surface area contributed by atoms with Gasteiger partial charge in [-0.05, 0) is 146 Å². The number of hydrogen-bond donors (Lipinski definition) is 0. The minimum absolute atomic E-state index is 0.0200. The zero-order valence-corrected chi connectivity index (χ0v) is 33.9. The van der Waals surface area contributed by atoms with Crippen molar-refractivity contribution in [2.75, 3.05) is 4.90 Å². The van der Waals surface area contributed by atoms with Crippen molar-refractivity contribution >= 4 is 56.6 Å². The summed E-state index contributed by atoms with van der Waals surface area (Å²) >= 11 is 0. The van der Waals surface area contributed by atoms with Gasteiger partial charge in [0.2, 0.25) is 0 Å². The van der Waals surface area contributed by atoms with E-state index in [0.29, 0.717) is 0 Å². The second kappa shape index (κ2) is 13.6. The third-order valence-corrected chi connectivity index (χ3v) is 13.7. The molecule has 0 spiro atoms. The molecule has 0 amide bonds. The van der Waals surface area contributed by atoms with Crippen LogP contribution in [-0.2, 0) is 12.8 Å². The van der Waals surface area contributed by atoms with Crippen molar-refractivity contribution in [3.05, 3.63) is 211 Å². The number of rotatable bonds is 5. The van der Waals surface area contributed by atoms with Crippen molar-refractivity contribution in [2.45, 2.75) is 25.7 Å². The van der Waals surface area contributed by atoms with E-state index in [-0.39, 0.29) is 6.85 Å². The van der Waals surface area contributed by atoms with Gasteiger partial charge in [0.25, 0.3) is 0 Å². The molecule has 61 heavy (non-hydrogen) atoms. The Morgan fingerprint density at radius 1 is 0.410 bits per heavy atom. The first-order valence-electron chi connectivity index (χ1n) is 21.8. The largest absolute Gasteiger partial charge is 0.375 e. The van der Waals surface area contributed by atoms with E-state index < -0.39 is 0 Å². The monoisotopic (exact) mass is 776 g/mol. The van der Waals surface area contributed by atoms with E-state index in [0.717, 1.165) is 12.8 Å². The quantitative estimate of drug-likeness (QED) is 0.158. The topological polar surface area (TPSA) is 8.17 Å². The van der Waals surface area contributed by atoms with Crippen LogP contribution in [0.15, 0.2) is 200 Å². The molecule has 0 bridgehead atoms. The maximum atomic E-state index is 2.73. The van der Waals surface area contributed by atoms with Gasteiger partial charge in [-0.15, -0.1) is 0 Å². The van der Waals surface area contributed by atoms with E-state index in [9.17, 15) is 0 Å². The molecule has 1 aliphatic carbocycles. The third-order valence-electron chi connectivity index (χ3n) is 13.7. The third kappa shape index (κ3) is 5.30. The molecule has 1 aromatic heterocycles. The van der Waals surface area contributed by atoms with E-state index >= 15 is 0 Å². The van der Waals surface area contributed by atoms with Crippen LogP contribution in [0.5, 0.6) is 0 Å². The lowest BCUT2D eigenvalue weighted by atomic mass is 9.44. The predicted molar refractivity (Wildman–Crippen MR) is 258 cm³/mol. The van der Waals surface area contributed by atoms with Gasteiger partial charge in [-0.3, -0.25) is 0 Å². The molecule has 2 nitrogen and oxygen atoms in total. The predicted octanol–water partition coefficient (Wildman–Crippen LogP) is 13.8. The maximum absolute atomic E-state index is 2.73. The number of anilines is 3. The molecule has 0 fully saturated rings. The number of nitrogens with zero attached hydrogens (tertiary/aromatic N) is 2. The highest BCUT2D eigenvalue weighted by Gasteiger charge is 2.44. The van der Waals surface area contributed by atoms with Crippen molar-refractivity contribution in [3.63, 3.8) is 0 Å². The van der Waals surface area contributed by atoms with Crippen LogP contribution in [0.1, 0.15) is 24.0 Å². The van der Waals surface area contributed by atoms with Crippen molar-refractivity contribution in [1.82, 2.24) is 4.48 Å². The van der Waals surface area contributed by atoms with Gasteiger partial charge >= 0.3 is 6.85 Å². The molecule has 3 heteroatoms. The van der Waals surface area contributed by atoms with E-state index in [1.54, 1.807) is 5.56 Å². The summed E-state index contributed by atoms with van der Waals surface area (Å²) in [6, 6.07) is 74.8. The van der Waals surface area contributed by atoms with Crippen LogP contribution in [0.3, 0.4) is 0 Å². The standard InChI is InChI=1S/C58H41BN2/c1-5-15-38(16-6-1)42-25-29-47(30-26-42)60-54-32-28-44(40-19-9-3-10-20-40)36-52(54)59-57-55(60)37-45-23-13-14-24-48(45)56(57)51-35-46(41-21-11-4-12-22-41)34-50-49-33-43(39-17-7-2-8-18-39)27-31-53(49)61(59)58(50)51/h1-12,15-22,25-37H,13-14,23-24H2. The van der Waals surface area contributed by atoms with E-state index in [1.165, 1.54) is 124 Å². The number of hydrogen-bond acceptors (Lipinski definition) is 1. The number of aryl methyl sites for hydroxylation is 1. The Balaban J connectivity index is 1.16. The molecule has 2 aliphatic heterocycles. The van der Waals surface area contributed by atoms with Crippen LogP contribution in [0.25, 0.3) is 77.4 Å². The SMILES string of the molecule is c1ccc(-c2ccc(N3c4ccc(-c5ccccc5)cc4B4c5c3cc3c(c5-c5cc(-c6ccccc6)cc6c7cc(-c8ccccc8)ccc7n4c56)CCCC3)cc2)cc1. The first-order valence-corrected chi connectivity index (χ1v) is 21.8. The van der Waals surface area contributed by atoms with Gasteiger partial charge in [-0.25, -0.2) is 0 Å². The highest BCUT2D eigenvalue weighted by molar-refractivity contribution is 6.90. The molecular weight excluding hydrogens is 735 g/mol. The van der Waals surface area contributed by atoms with Crippen molar-refractivity contribution in [1.29, 1.82) is 0 Å². The van der Waals surface area contributed by atoms with Crippen LogP contribution < -0.4 is 15.8 Å². The molecule has 0 atom stereocenters. The zero-order chi connectivity index (χ0) is 40.0. The van der Waals surface area contributed by atoms with Gasteiger partial charge in [0.15, 0.2) is 0 Å². The average molecular weight is 777 g/mol. The number of aromatic nitrogens is 1. The Bertz CT molecular complexity index is 3330. The molecule has 9 aromatic carbocycles. The highest BCUT2D eigenvalue weighted by atomic mass is 15.2. The lowest BCUT2D eigenvalue weighted by Crippen LogP contribution is -2.57. The van der Waals surface area contributed by atoms with Gasteiger partial charge in [0, 0.05) is 44.4 Å². The molecule has 13 rings (SSSR count). The smallest absolute Gasteiger partial charge is 0.333 e. The average Bonchev–Trinajstić information content (AvgIpc) is 3.67. The lowest BCUT2D eigenvalue weighted by Gasteiger charge is -2.42. The zero-order valence-electron chi connectivity index (χ0n) is 33.9. The molecule has 0 saturated carbocycles. The molecule has 3 aliphatic rings. The molecule has 0 radical (unpaired) electrons. The Morgan fingerprint density at radius 2 is 0.951 bits per heavy atom. The Hall–Kier alpha value is -7.36. The fourth-order valence-electron chi connectivity index (χ4n) is 11.0. The normalized spacial score (nSPS) is 13.6. The van der Waals surface area contributed by atoms with Gasteiger partial charge in [-0.1, -0.05) is 152 Å². The summed E-state index contributed by atoms with van der Waals surface area (Å²) in [6.07, 6.45) is 4.64. The van der Waals surface area contributed by atoms with Gasteiger partial charge in [0.05, 0.1) is 0 Å². The lowest BCUT2D eigenvalue weighted by molar-refractivity contribution is 0.687. The van der Waals surface area contributed by atoms with Gasteiger partial charge in [-0.2, -0.15) is 0 Å². The molecule has 10 aromatic rings. The van der Waals surface area contributed by atoms with Crippen LogP contribution >= 0.6 is 0 Å². The van der Waals surface area contributed by atoms with Crippen molar-refractivity contribution in [3.8, 4) is 55.6 Å². The minimum Gasteiger partial charge on any atom is -0.375 e. The molecule has 3 heterocycles. The first-order chi connectivity index (χ1) is 30.3. The second-order valence-electron chi connectivity index (χ2n) is 17.1. The van der Waals surface area contributed by atoms with Crippen molar-refractivity contribution in [2.24, 2.45) is 0 Å². The Labute approximate surface area is 357 Å². The molecule has 0 N–H and O–H groups in total. The second-order valence-corrected chi connectivity index (χ2v) is 17.1. The van der Waals surface area contributed by atoms with Gasteiger partial charge < -0.3 is 9.38 Å². The number of fused-ring (bicyclic) bond motifs is 9. The van der Waals surface area contributed by atoms with E-state index in [2.05, 4.69) is 210 Å². The van der Waals surface area contributed by atoms with E-state index in [1.807, 2.05) is 0 Å². The summed E-state index contributed by atoms with van der Waals surface area (Å²) in [7, 11) is 0. The van der Waals surface area contributed by atoms with Crippen LogP contribution in [0.2, 0.25) is 0 Å². The van der Waals surface area contributed by atoms with Crippen LogP contribution in [0.4, 0.5) is 17.1 Å². The number of benzene rings is 9. The summed E-state index contributed by atoms with van der Waals surface area (Å²) in [5.74, 6) is 0. The Kier molecular flexibility index (Phi) is 7.69. The minimum atomic E-state index is -0.0200.